The summed E-state index contributed by atoms with van der Waals surface area (Å²) in [5, 5.41) is 15.3. The summed E-state index contributed by atoms with van der Waals surface area (Å²) in [5.41, 5.74) is -0.355. The standard InChI is InChI=1S/C7H9N3O5S/c1-15-7-3-2-5(9-16(8,13)14)4-6(7)10(11)12/h2-4,9H,1H3,(H2,8,13,14). The molecule has 16 heavy (non-hydrogen) atoms. The summed E-state index contributed by atoms with van der Waals surface area (Å²) in [6.07, 6.45) is 0. The molecule has 0 aliphatic rings. The molecule has 0 unspecified atom stereocenters. The van der Waals surface area contributed by atoms with E-state index >= 15 is 0 Å². The number of anilines is 1. The first-order chi connectivity index (χ1) is 7.33. The average Bonchev–Trinajstić information content (AvgIpc) is 2.15. The molecule has 0 saturated heterocycles. The van der Waals surface area contributed by atoms with Crippen LogP contribution in [0.4, 0.5) is 11.4 Å². The number of nitrogens with zero attached hydrogens (tertiary/aromatic N) is 1. The van der Waals surface area contributed by atoms with Crippen molar-refractivity contribution in [1.29, 1.82) is 0 Å². The second kappa shape index (κ2) is 4.33. The lowest BCUT2D eigenvalue weighted by Crippen LogP contribution is -2.21. The highest BCUT2D eigenvalue weighted by Crippen LogP contribution is 2.29. The predicted molar refractivity (Wildman–Crippen MR) is 56.4 cm³/mol. The van der Waals surface area contributed by atoms with Crippen LogP contribution in [0.15, 0.2) is 18.2 Å². The topological polar surface area (TPSA) is 125 Å². The van der Waals surface area contributed by atoms with Crippen LogP contribution in [0.2, 0.25) is 0 Å². The molecule has 1 rings (SSSR count). The lowest BCUT2D eigenvalue weighted by atomic mass is 10.2. The Morgan fingerprint density at radius 1 is 1.50 bits per heavy atom. The van der Waals surface area contributed by atoms with E-state index in [0.29, 0.717) is 0 Å². The summed E-state index contributed by atoms with van der Waals surface area (Å²) in [7, 11) is -2.68. The van der Waals surface area contributed by atoms with Crippen LogP contribution in [0.3, 0.4) is 0 Å². The molecule has 88 valence electrons. The summed E-state index contributed by atoms with van der Waals surface area (Å²) >= 11 is 0. The Bertz CT molecular complexity index is 513. The van der Waals surface area contributed by atoms with Gasteiger partial charge in [-0.3, -0.25) is 14.8 Å². The normalized spacial score (nSPS) is 10.9. The zero-order chi connectivity index (χ0) is 12.3. The minimum Gasteiger partial charge on any atom is -0.490 e. The summed E-state index contributed by atoms with van der Waals surface area (Å²) in [4.78, 5) is 9.93. The molecule has 0 aliphatic heterocycles. The molecule has 0 atom stereocenters. The fourth-order valence-corrected chi connectivity index (χ4v) is 1.52. The van der Waals surface area contributed by atoms with Crippen molar-refractivity contribution in [3.63, 3.8) is 0 Å². The first-order valence-corrected chi connectivity index (χ1v) is 5.51. The molecular weight excluding hydrogens is 238 g/mol. The van der Waals surface area contributed by atoms with Gasteiger partial charge in [0.25, 0.3) is 10.2 Å². The molecule has 0 bridgehead atoms. The first kappa shape index (κ1) is 12.2. The van der Waals surface area contributed by atoms with Crippen molar-refractivity contribution in [2.45, 2.75) is 0 Å². The third-order valence-electron chi connectivity index (χ3n) is 1.64. The number of benzene rings is 1. The van der Waals surface area contributed by atoms with Gasteiger partial charge >= 0.3 is 5.69 Å². The van der Waals surface area contributed by atoms with Gasteiger partial charge in [-0.05, 0) is 12.1 Å². The molecule has 0 spiro atoms. The summed E-state index contributed by atoms with van der Waals surface area (Å²) in [6.45, 7) is 0. The molecule has 9 heteroatoms. The molecule has 0 amide bonds. The second-order valence-electron chi connectivity index (χ2n) is 2.79. The van der Waals surface area contributed by atoms with E-state index in [-0.39, 0.29) is 17.1 Å². The number of nitrogens with two attached hydrogens (primary N) is 1. The van der Waals surface area contributed by atoms with E-state index in [0.717, 1.165) is 6.07 Å². The van der Waals surface area contributed by atoms with E-state index in [1.54, 1.807) is 0 Å². The van der Waals surface area contributed by atoms with E-state index in [4.69, 9.17) is 9.88 Å². The van der Waals surface area contributed by atoms with Crippen molar-refractivity contribution in [3.8, 4) is 5.75 Å². The van der Waals surface area contributed by atoms with Crippen molar-refractivity contribution in [2.75, 3.05) is 11.8 Å². The highest BCUT2D eigenvalue weighted by Gasteiger charge is 2.16. The molecule has 1 aromatic carbocycles. The third kappa shape index (κ3) is 3.07. The van der Waals surface area contributed by atoms with Crippen LogP contribution in [0.5, 0.6) is 5.75 Å². The maximum atomic E-state index is 10.7. The van der Waals surface area contributed by atoms with Crippen molar-refractivity contribution in [3.05, 3.63) is 28.3 Å². The minimum absolute atomic E-state index is 0.00463. The highest BCUT2D eigenvalue weighted by atomic mass is 32.2. The number of ether oxygens (including phenoxy) is 1. The van der Waals surface area contributed by atoms with Gasteiger partial charge in [0.1, 0.15) is 0 Å². The molecule has 0 radical (unpaired) electrons. The maximum Gasteiger partial charge on any atom is 0.313 e. The number of methoxy groups -OCH3 is 1. The van der Waals surface area contributed by atoms with Gasteiger partial charge in [0.2, 0.25) is 0 Å². The smallest absolute Gasteiger partial charge is 0.313 e. The largest absolute Gasteiger partial charge is 0.490 e. The Kier molecular flexibility index (Phi) is 3.30. The summed E-state index contributed by atoms with van der Waals surface area (Å²) in [5.74, 6) is 0.0324. The summed E-state index contributed by atoms with van der Waals surface area (Å²) in [6, 6.07) is 3.59. The predicted octanol–water partition coefficient (Wildman–Crippen LogP) is 0.219. The van der Waals surface area contributed by atoms with E-state index in [2.05, 4.69) is 0 Å². The number of nitro groups is 1. The van der Waals surface area contributed by atoms with Crippen molar-refractivity contribution in [1.82, 2.24) is 0 Å². The van der Waals surface area contributed by atoms with Crippen LogP contribution in [-0.4, -0.2) is 20.5 Å². The number of nitro benzene ring substituents is 1. The van der Waals surface area contributed by atoms with Crippen LogP contribution in [0, 0.1) is 10.1 Å². The SMILES string of the molecule is COc1ccc(NS(N)(=O)=O)cc1[N+](=O)[O-]. The fraction of sp³-hybridized carbons (Fsp3) is 0.143. The van der Waals surface area contributed by atoms with Gasteiger partial charge in [-0.25, -0.2) is 5.14 Å². The maximum absolute atomic E-state index is 10.7. The van der Waals surface area contributed by atoms with E-state index < -0.39 is 15.1 Å². The monoisotopic (exact) mass is 247 g/mol. The van der Waals surface area contributed by atoms with E-state index in [9.17, 15) is 18.5 Å². The average molecular weight is 247 g/mol. The fourth-order valence-electron chi connectivity index (χ4n) is 1.06. The van der Waals surface area contributed by atoms with Crippen molar-refractivity contribution >= 4 is 21.6 Å². The van der Waals surface area contributed by atoms with Gasteiger partial charge < -0.3 is 4.74 Å². The number of nitrogens with one attached hydrogen (secondary N) is 1. The van der Waals surface area contributed by atoms with Crippen LogP contribution in [-0.2, 0) is 10.2 Å². The Balaban J connectivity index is 3.17. The lowest BCUT2D eigenvalue weighted by Gasteiger charge is -2.05. The van der Waals surface area contributed by atoms with Gasteiger partial charge in [0, 0.05) is 6.07 Å². The van der Waals surface area contributed by atoms with Gasteiger partial charge in [-0.1, -0.05) is 0 Å². The van der Waals surface area contributed by atoms with Crippen LogP contribution >= 0.6 is 0 Å². The Hall–Kier alpha value is -1.87. The molecule has 0 aliphatic carbocycles. The van der Waals surface area contributed by atoms with Gasteiger partial charge in [0.05, 0.1) is 17.7 Å². The number of rotatable bonds is 4. The van der Waals surface area contributed by atoms with Crippen LogP contribution in [0.25, 0.3) is 0 Å². The first-order valence-electron chi connectivity index (χ1n) is 3.96. The van der Waals surface area contributed by atoms with Crippen LogP contribution in [0.1, 0.15) is 0 Å². The molecule has 3 N–H and O–H groups in total. The van der Waals surface area contributed by atoms with E-state index in [1.807, 2.05) is 4.72 Å². The molecular formula is C7H9N3O5S. The Labute approximate surface area is 91.3 Å². The zero-order valence-corrected chi connectivity index (χ0v) is 9.02. The Morgan fingerprint density at radius 2 is 2.12 bits per heavy atom. The van der Waals surface area contributed by atoms with Gasteiger partial charge in [-0.2, -0.15) is 8.42 Å². The molecule has 1 aromatic rings. The summed E-state index contributed by atoms with van der Waals surface area (Å²) < 4.78 is 28.1. The number of hydrogen-bond donors (Lipinski definition) is 2. The van der Waals surface area contributed by atoms with Crippen molar-refractivity contribution in [2.24, 2.45) is 5.14 Å². The van der Waals surface area contributed by atoms with Gasteiger partial charge in [0.15, 0.2) is 5.75 Å². The molecule has 8 nitrogen and oxygen atoms in total. The second-order valence-corrected chi connectivity index (χ2v) is 4.08. The molecule has 0 aromatic heterocycles. The van der Waals surface area contributed by atoms with Gasteiger partial charge in [-0.15, -0.1) is 0 Å². The Morgan fingerprint density at radius 3 is 2.56 bits per heavy atom. The zero-order valence-electron chi connectivity index (χ0n) is 8.21. The molecule has 0 fully saturated rings. The highest BCUT2D eigenvalue weighted by molar-refractivity contribution is 7.90. The van der Waals surface area contributed by atoms with E-state index in [1.165, 1.54) is 19.2 Å². The van der Waals surface area contributed by atoms with Crippen molar-refractivity contribution < 1.29 is 18.1 Å². The molecule has 0 saturated carbocycles. The minimum atomic E-state index is -3.95. The van der Waals surface area contributed by atoms with Crippen LogP contribution < -0.4 is 14.6 Å². The number of hydrogen-bond acceptors (Lipinski definition) is 5. The molecule has 0 heterocycles. The lowest BCUT2D eigenvalue weighted by molar-refractivity contribution is -0.385. The quantitative estimate of drug-likeness (QED) is 0.581. The third-order valence-corrected chi connectivity index (χ3v) is 2.16.